The molecule has 94 valence electrons. The maximum atomic E-state index is 11.2. The van der Waals surface area contributed by atoms with Gasteiger partial charge in [-0.3, -0.25) is 9.00 Å². The van der Waals surface area contributed by atoms with Gasteiger partial charge in [0.15, 0.2) is 0 Å². The van der Waals surface area contributed by atoms with E-state index in [4.69, 9.17) is 11.5 Å². The van der Waals surface area contributed by atoms with Gasteiger partial charge in [-0.25, -0.2) is 0 Å². The van der Waals surface area contributed by atoms with E-state index in [9.17, 15) is 9.00 Å². The van der Waals surface area contributed by atoms with Crippen molar-refractivity contribution in [2.24, 2.45) is 5.73 Å². The Kier molecular flexibility index (Phi) is 4.96. The summed E-state index contributed by atoms with van der Waals surface area (Å²) in [6.07, 6.45) is 0. The van der Waals surface area contributed by atoms with Gasteiger partial charge in [0.05, 0.1) is 11.4 Å². The van der Waals surface area contributed by atoms with E-state index in [2.05, 4.69) is 5.32 Å². The number of nitrogens with two attached hydrogens (primary N) is 2. The number of nitrogens with one attached hydrogen (secondary N) is 1. The number of amides is 1. The van der Waals surface area contributed by atoms with E-state index in [0.29, 0.717) is 35.0 Å². The summed E-state index contributed by atoms with van der Waals surface area (Å²) in [6, 6.07) is 4.80. The second-order valence-electron chi connectivity index (χ2n) is 3.53. The lowest BCUT2D eigenvalue weighted by Gasteiger charge is -2.09. The molecule has 0 aliphatic carbocycles. The van der Waals surface area contributed by atoms with Crippen molar-refractivity contribution in [3.05, 3.63) is 23.8 Å². The number of anilines is 2. The Hall–Kier alpha value is -1.56. The molecule has 0 aromatic heterocycles. The summed E-state index contributed by atoms with van der Waals surface area (Å²) in [7, 11) is -0.816. The van der Waals surface area contributed by atoms with Crippen LogP contribution in [0.3, 0.4) is 0 Å². The highest BCUT2D eigenvalue weighted by Gasteiger charge is 2.05. The second kappa shape index (κ2) is 6.24. The Labute approximate surface area is 103 Å². The van der Waals surface area contributed by atoms with Crippen LogP contribution in [0, 0.1) is 0 Å². The molecule has 0 aliphatic heterocycles. The van der Waals surface area contributed by atoms with Crippen LogP contribution in [0.2, 0.25) is 0 Å². The van der Waals surface area contributed by atoms with E-state index in [-0.39, 0.29) is 0 Å². The summed E-state index contributed by atoms with van der Waals surface area (Å²) < 4.78 is 11.2. The van der Waals surface area contributed by atoms with E-state index < -0.39 is 16.7 Å². The quantitative estimate of drug-likeness (QED) is 0.646. The van der Waals surface area contributed by atoms with Crippen LogP contribution in [0.15, 0.2) is 18.2 Å². The molecule has 0 aliphatic rings. The maximum absolute atomic E-state index is 11.2. The number of nitrogen functional groups attached to an aromatic ring is 1. The molecule has 0 spiro atoms. The Morgan fingerprint density at radius 2 is 2.18 bits per heavy atom. The van der Waals surface area contributed by atoms with Gasteiger partial charge >= 0.3 is 0 Å². The van der Waals surface area contributed by atoms with Gasteiger partial charge < -0.3 is 16.8 Å². The SMILES string of the molecule is CCS(=O)CCNc1cc(C(N)=O)ccc1N. The molecule has 1 atom stereocenters. The number of carbonyl (C=O) groups is 1. The average Bonchev–Trinajstić information content (AvgIpc) is 2.30. The lowest BCUT2D eigenvalue weighted by atomic mass is 10.1. The van der Waals surface area contributed by atoms with E-state index in [0.717, 1.165) is 0 Å². The first-order valence-corrected chi connectivity index (χ1v) is 6.81. The van der Waals surface area contributed by atoms with Crippen LogP contribution in [0.25, 0.3) is 0 Å². The van der Waals surface area contributed by atoms with Crippen molar-refractivity contribution in [2.75, 3.05) is 29.1 Å². The minimum Gasteiger partial charge on any atom is -0.397 e. The second-order valence-corrected chi connectivity index (χ2v) is 5.39. The Bertz CT molecular complexity index is 435. The molecule has 5 nitrogen and oxygen atoms in total. The van der Waals surface area contributed by atoms with E-state index in [1.807, 2.05) is 6.92 Å². The zero-order valence-corrected chi connectivity index (χ0v) is 10.5. The van der Waals surface area contributed by atoms with Crippen molar-refractivity contribution in [1.82, 2.24) is 0 Å². The van der Waals surface area contributed by atoms with Crippen LogP contribution in [-0.4, -0.2) is 28.2 Å². The van der Waals surface area contributed by atoms with Gasteiger partial charge in [0.25, 0.3) is 0 Å². The molecular weight excluding hydrogens is 238 g/mol. The van der Waals surface area contributed by atoms with E-state index in [1.54, 1.807) is 18.2 Å². The first kappa shape index (κ1) is 13.5. The predicted octanol–water partition coefficient (Wildman–Crippen LogP) is 0.548. The molecule has 0 bridgehead atoms. The zero-order chi connectivity index (χ0) is 12.8. The fraction of sp³-hybridized carbons (Fsp3) is 0.364. The van der Waals surface area contributed by atoms with Crippen molar-refractivity contribution in [2.45, 2.75) is 6.92 Å². The molecule has 1 amide bonds. The summed E-state index contributed by atoms with van der Waals surface area (Å²) in [5.74, 6) is 0.695. The molecule has 0 fully saturated rings. The fourth-order valence-electron chi connectivity index (χ4n) is 1.31. The molecule has 1 aromatic rings. The van der Waals surface area contributed by atoms with Crippen LogP contribution in [0.4, 0.5) is 11.4 Å². The third kappa shape index (κ3) is 4.07. The Morgan fingerprint density at radius 1 is 1.47 bits per heavy atom. The molecule has 1 unspecified atom stereocenters. The van der Waals surface area contributed by atoms with Crippen LogP contribution >= 0.6 is 0 Å². The number of hydrogen-bond acceptors (Lipinski definition) is 4. The summed E-state index contributed by atoms with van der Waals surface area (Å²) in [4.78, 5) is 11.0. The highest BCUT2D eigenvalue weighted by atomic mass is 32.2. The first-order valence-electron chi connectivity index (χ1n) is 5.32. The average molecular weight is 255 g/mol. The Balaban J connectivity index is 2.66. The molecule has 0 saturated heterocycles. The summed E-state index contributed by atoms with van der Waals surface area (Å²) >= 11 is 0. The van der Waals surface area contributed by atoms with Crippen molar-refractivity contribution in [3.63, 3.8) is 0 Å². The summed E-state index contributed by atoms with van der Waals surface area (Å²) in [5.41, 5.74) is 12.5. The number of primary amides is 1. The lowest BCUT2D eigenvalue weighted by Crippen LogP contribution is -2.15. The summed E-state index contributed by atoms with van der Waals surface area (Å²) in [5, 5.41) is 3.05. The molecule has 5 N–H and O–H groups in total. The maximum Gasteiger partial charge on any atom is 0.248 e. The highest BCUT2D eigenvalue weighted by molar-refractivity contribution is 7.84. The van der Waals surface area contributed by atoms with Gasteiger partial charge in [0, 0.05) is 34.4 Å². The molecule has 1 rings (SSSR count). The largest absolute Gasteiger partial charge is 0.397 e. The van der Waals surface area contributed by atoms with Crippen LogP contribution < -0.4 is 16.8 Å². The molecule has 1 aromatic carbocycles. The third-order valence-electron chi connectivity index (χ3n) is 2.30. The minimum atomic E-state index is -0.816. The Morgan fingerprint density at radius 3 is 2.76 bits per heavy atom. The predicted molar refractivity (Wildman–Crippen MR) is 71.4 cm³/mol. The number of hydrogen-bond donors (Lipinski definition) is 3. The third-order valence-corrected chi connectivity index (χ3v) is 3.61. The fourth-order valence-corrected chi connectivity index (χ4v) is 1.92. The monoisotopic (exact) mass is 255 g/mol. The van der Waals surface area contributed by atoms with Gasteiger partial charge in [0.2, 0.25) is 5.91 Å². The van der Waals surface area contributed by atoms with E-state index in [1.165, 1.54) is 0 Å². The van der Waals surface area contributed by atoms with Crippen LogP contribution in [0.5, 0.6) is 0 Å². The zero-order valence-electron chi connectivity index (χ0n) is 9.73. The molecular formula is C11H17N3O2S. The molecule has 0 radical (unpaired) electrons. The molecule has 0 heterocycles. The van der Waals surface area contributed by atoms with Gasteiger partial charge in [-0.15, -0.1) is 0 Å². The number of benzene rings is 1. The van der Waals surface area contributed by atoms with Crippen molar-refractivity contribution < 1.29 is 9.00 Å². The topological polar surface area (TPSA) is 98.2 Å². The normalized spacial score (nSPS) is 12.1. The number of carbonyl (C=O) groups excluding carboxylic acids is 1. The number of rotatable bonds is 6. The minimum absolute atomic E-state index is 0.401. The molecule has 6 heteroatoms. The summed E-state index contributed by atoms with van der Waals surface area (Å²) in [6.45, 7) is 2.42. The highest BCUT2D eigenvalue weighted by Crippen LogP contribution is 2.19. The van der Waals surface area contributed by atoms with Crippen molar-refractivity contribution in [1.29, 1.82) is 0 Å². The van der Waals surface area contributed by atoms with Gasteiger partial charge in [0.1, 0.15) is 0 Å². The van der Waals surface area contributed by atoms with Gasteiger partial charge in [-0.05, 0) is 18.2 Å². The first-order chi connectivity index (χ1) is 8.04. The van der Waals surface area contributed by atoms with Crippen LogP contribution in [0.1, 0.15) is 17.3 Å². The van der Waals surface area contributed by atoms with Crippen molar-refractivity contribution in [3.8, 4) is 0 Å². The van der Waals surface area contributed by atoms with Crippen LogP contribution in [-0.2, 0) is 10.8 Å². The van der Waals surface area contributed by atoms with Crippen molar-refractivity contribution >= 4 is 28.1 Å². The smallest absolute Gasteiger partial charge is 0.248 e. The lowest BCUT2D eigenvalue weighted by molar-refractivity contribution is 0.100. The molecule has 17 heavy (non-hydrogen) atoms. The van der Waals surface area contributed by atoms with Gasteiger partial charge in [-0.2, -0.15) is 0 Å². The van der Waals surface area contributed by atoms with Gasteiger partial charge in [-0.1, -0.05) is 6.92 Å². The molecule has 0 saturated carbocycles. The van der Waals surface area contributed by atoms with E-state index >= 15 is 0 Å². The standard InChI is InChI=1S/C11H17N3O2S/c1-2-17(16)6-5-14-10-7-8(11(13)15)3-4-9(10)12/h3-4,7,14H,2,5-6,12H2,1H3,(H2,13,15).